The first-order valence-electron chi connectivity index (χ1n) is 5.02. The predicted octanol–water partition coefficient (Wildman–Crippen LogP) is 4.10. The summed E-state index contributed by atoms with van der Waals surface area (Å²) in [5.74, 6) is -0.418. The second-order valence-electron chi connectivity index (χ2n) is 3.52. The molecule has 0 saturated carbocycles. The van der Waals surface area contributed by atoms with Gasteiger partial charge in [-0.15, -0.1) is 11.3 Å². The number of anilines is 1. The smallest absolute Gasteiger partial charge is 0.339 e. The Labute approximate surface area is 122 Å². The SMILES string of the molecule is Nc1ccc(Br)c(C(=O)OCc2ccc(Cl)s2)c1. The second kappa shape index (κ2) is 5.73. The minimum Gasteiger partial charge on any atom is -0.456 e. The number of nitrogens with two attached hydrogens (primary N) is 1. The highest BCUT2D eigenvalue weighted by molar-refractivity contribution is 9.10. The third-order valence-electron chi connectivity index (χ3n) is 2.18. The maximum absolute atomic E-state index is 11.9. The summed E-state index contributed by atoms with van der Waals surface area (Å²) in [6.07, 6.45) is 0. The number of carbonyl (C=O) groups is 1. The van der Waals surface area contributed by atoms with Gasteiger partial charge < -0.3 is 10.5 Å². The van der Waals surface area contributed by atoms with Gasteiger partial charge in [-0.25, -0.2) is 4.79 Å². The molecule has 0 atom stereocenters. The van der Waals surface area contributed by atoms with Crippen LogP contribution in [-0.2, 0) is 11.3 Å². The van der Waals surface area contributed by atoms with E-state index in [1.807, 2.05) is 6.07 Å². The molecule has 0 aliphatic heterocycles. The Morgan fingerprint density at radius 1 is 1.39 bits per heavy atom. The van der Waals surface area contributed by atoms with Gasteiger partial charge in [0, 0.05) is 15.0 Å². The zero-order chi connectivity index (χ0) is 13.1. The van der Waals surface area contributed by atoms with Crippen molar-refractivity contribution in [3.63, 3.8) is 0 Å². The van der Waals surface area contributed by atoms with E-state index in [4.69, 9.17) is 22.1 Å². The largest absolute Gasteiger partial charge is 0.456 e. The topological polar surface area (TPSA) is 52.3 Å². The molecule has 0 bridgehead atoms. The van der Waals surface area contributed by atoms with Gasteiger partial charge in [0.15, 0.2) is 0 Å². The van der Waals surface area contributed by atoms with Crippen molar-refractivity contribution in [2.45, 2.75) is 6.61 Å². The Morgan fingerprint density at radius 3 is 2.83 bits per heavy atom. The van der Waals surface area contributed by atoms with E-state index in [1.165, 1.54) is 11.3 Å². The first-order chi connectivity index (χ1) is 8.56. The number of halogens is 2. The number of benzene rings is 1. The standard InChI is InChI=1S/C12H9BrClNO2S/c13-10-3-1-7(15)5-9(10)12(16)17-6-8-2-4-11(14)18-8/h1-5H,6,15H2. The molecular weight excluding hydrogens is 338 g/mol. The van der Waals surface area contributed by atoms with Gasteiger partial charge in [0.05, 0.1) is 9.90 Å². The van der Waals surface area contributed by atoms with E-state index in [2.05, 4.69) is 15.9 Å². The number of rotatable bonds is 3. The summed E-state index contributed by atoms with van der Waals surface area (Å²) in [6, 6.07) is 8.60. The van der Waals surface area contributed by atoms with Crippen LogP contribution in [0.5, 0.6) is 0 Å². The van der Waals surface area contributed by atoms with E-state index in [0.717, 1.165) is 4.88 Å². The molecule has 0 radical (unpaired) electrons. The first-order valence-corrected chi connectivity index (χ1v) is 7.01. The van der Waals surface area contributed by atoms with Gasteiger partial charge in [0.1, 0.15) is 6.61 Å². The van der Waals surface area contributed by atoms with E-state index >= 15 is 0 Å². The van der Waals surface area contributed by atoms with Gasteiger partial charge in [0.2, 0.25) is 0 Å². The van der Waals surface area contributed by atoms with Gasteiger partial charge in [-0.1, -0.05) is 11.6 Å². The second-order valence-corrected chi connectivity index (χ2v) is 6.18. The number of hydrogen-bond acceptors (Lipinski definition) is 4. The van der Waals surface area contributed by atoms with Crippen LogP contribution in [-0.4, -0.2) is 5.97 Å². The number of nitrogen functional groups attached to an aromatic ring is 1. The molecule has 1 heterocycles. The molecule has 94 valence electrons. The van der Waals surface area contributed by atoms with Crippen molar-refractivity contribution in [1.82, 2.24) is 0 Å². The summed E-state index contributed by atoms with van der Waals surface area (Å²) in [5, 5.41) is 0. The molecule has 2 N–H and O–H groups in total. The van der Waals surface area contributed by atoms with Crippen LogP contribution in [0, 0.1) is 0 Å². The first kappa shape index (κ1) is 13.4. The van der Waals surface area contributed by atoms with Crippen LogP contribution in [0.1, 0.15) is 15.2 Å². The lowest BCUT2D eigenvalue weighted by Crippen LogP contribution is -2.06. The molecule has 0 amide bonds. The van der Waals surface area contributed by atoms with E-state index in [9.17, 15) is 4.79 Å². The summed E-state index contributed by atoms with van der Waals surface area (Å²) < 4.78 is 6.52. The molecule has 2 aromatic rings. The summed E-state index contributed by atoms with van der Waals surface area (Å²) in [5.41, 5.74) is 6.56. The van der Waals surface area contributed by atoms with Crippen molar-refractivity contribution < 1.29 is 9.53 Å². The molecule has 0 saturated heterocycles. The summed E-state index contributed by atoms with van der Waals surface area (Å²) in [4.78, 5) is 12.8. The summed E-state index contributed by atoms with van der Waals surface area (Å²) in [7, 11) is 0. The van der Waals surface area contributed by atoms with Crippen LogP contribution < -0.4 is 5.73 Å². The maximum atomic E-state index is 11.9. The van der Waals surface area contributed by atoms with Crippen LogP contribution in [0.4, 0.5) is 5.69 Å². The van der Waals surface area contributed by atoms with Crippen LogP contribution in [0.3, 0.4) is 0 Å². The lowest BCUT2D eigenvalue weighted by Gasteiger charge is -2.06. The lowest BCUT2D eigenvalue weighted by atomic mass is 10.2. The molecule has 0 aliphatic carbocycles. The molecule has 0 spiro atoms. The number of esters is 1. The van der Waals surface area contributed by atoms with Gasteiger partial charge in [0.25, 0.3) is 0 Å². The highest BCUT2D eigenvalue weighted by Gasteiger charge is 2.12. The fraction of sp³-hybridized carbons (Fsp3) is 0.0833. The molecule has 1 aromatic carbocycles. The lowest BCUT2D eigenvalue weighted by molar-refractivity contribution is 0.0476. The Balaban J connectivity index is 2.05. The third-order valence-corrected chi connectivity index (χ3v) is 4.08. The zero-order valence-corrected chi connectivity index (χ0v) is 12.3. The van der Waals surface area contributed by atoms with Gasteiger partial charge >= 0.3 is 5.97 Å². The van der Waals surface area contributed by atoms with Gasteiger partial charge in [-0.05, 0) is 46.3 Å². The van der Waals surface area contributed by atoms with Crippen LogP contribution >= 0.6 is 38.9 Å². The third kappa shape index (κ3) is 3.25. The van der Waals surface area contributed by atoms with Gasteiger partial charge in [-0.3, -0.25) is 0 Å². The van der Waals surface area contributed by atoms with E-state index in [0.29, 0.717) is 20.1 Å². The molecule has 0 aliphatic rings. The molecule has 18 heavy (non-hydrogen) atoms. The maximum Gasteiger partial charge on any atom is 0.339 e. The number of ether oxygens (including phenoxy) is 1. The molecule has 6 heteroatoms. The summed E-state index contributed by atoms with van der Waals surface area (Å²) >= 11 is 10.5. The number of thiophene rings is 1. The average molecular weight is 347 g/mol. The molecule has 0 fully saturated rings. The van der Waals surface area contributed by atoms with Crippen molar-refractivity contribution in [2.24, 2.45) is 0 Å². The monoisotopic (exact) mass is 345 g/mol. The Bertz CT molecular complexity index is 585. The van der Waals surface area contributed by atoms with Crippen molar-refractivity contribution >= 4 is 50.5 Å². The average Bonchev–Trinajstić information content (AvgIpc) is 2.75. The molecule has 1 aromatic heterocycles. The van der Waals surface area contributed by atoms with Crippen LogP contribution in [0.15, 0.2) is 34.8 Å². The summed E-state index contributed by atoms with van der Waals surface area (Å²) in [6.45, 7) is 0.206. The quantitative estimate of drug-likeness (QED) is 0.672. The van der Waals surface area contributed by atoms with Crippen LogP contribution in [0.2, 0.25) is 4.34 Å². The Kier molecular flexibility index (Phi) is 4.27. The minimum absolute atomic E-state index is 0.206. The minimum atomic E-state index is -0.418. The molecule has 3 nitrogen and oxygen atoms in total. The zero-order valence-electron chi connectivity index (χ0n) is 9.15. The normalized spacial score (nSPS) is 10.3. The number of carbonyl (C=O) groups excluding carboxylic acids is 1. The van der Waals surface area contributed by atoms with Gasteiger partial charge in [-0.2, -0.15) is 0 Å². The predicted molar refractivity (Wildman–Crippen MR) is 77.0 cm³/mol. The van der Waals surface area contributed by atoms with E-state index < -0.39 is 5.97 Å². The van der Waals surface area contributed by atoms with Crippen molar-refractivity contribution in [1.29, 1.82) is 0 Å². The molecule has 2 rings (SSSR count). The van der Waals surface area contributed by atoms with Crippen LogP contribution in [0.25, 0.3) is 0 Å². The number of hydrogen-bond donors (Lipinski definition) is 1. The van der Waals surface area contributed by atoms with Crippen molar-refractivity contribution in [3.8, 4) is 0 Å². The van der Waals surface area contributed by atoms with E-state index in [1.54, 1.807) is 24.3 Å². The van der Waals surface area contributed by atoms with Crippen molar-refractivity contribution in [2.75, 3.05) is 5.73 Å². The molecular formula is C12H9BrClNO2S. The Morgan fingerprint density at radius 2 is 2.17 bits per heavy atom. The highest BCUT2D eigenvalue weighted by Crippen LogP contribution is 2.24. The van der Waals surface area contributed by atoms with Crippen molar-refractivity contribution in [3.05, 3.63) is 49.6 Å². The van der Waals surface area contributed by atoms with E-state index in [-0.39, 0.29) is 6.61 Å². The fourth-order valence-electron chi connectivity index (χ4n) is 1.34. The molecule has 0 unspecified atom stereocenters. The fourth-order valence-corrected chi connectivity index (χ4v) is 2.75. The highest BCUT2D eigenvalue weighted by atomic mass is 79.9. The Hall–Kier alpha value is -1.04.